The van der Waals surface area contributed by atoms with E-state index < -0.39 is 0 Å². The summed E-state index contributed by atoms with van der Waals surface area (Å²) in [5.41, 5.74) is -0.335. The third-order valence-electron chi connectivity index (χ3n) is 5.41. The molecule has 2 rings (SSSR count). The second-order valence-electron chi connectivity index (χ2n) is 6.73. The van der Waals surface area contributed by atoms with Gasteiger partial charge in [-0.15, -0.1) is 0 Å². The van der Waals surface area contributed by atoms with Crippen LogP contribution in [0.1, 0.15) is 66.2 Å². The highest BCUT2D eigenvalue weighted by atomic mass is 16.2. The van der Waals surface area contributed by atoms with Gasteiger partial charge < -0.3 is 4.90 Å². The third kappa shape index (κ3) is 2.81. The van der Waals surface area contributed by atoms with Crippen LogP contribution >= 0.6 is 0 Å². The lowest BCUT2D eigenvalue weighted by Crippen LogP contribution is -2.44. The Bertz CT molecular complexity index is 331. The van der Waals surface area contributed by atoms with Crippen LogP contribution in [0.25, 0.3) is 0 Å². The summed E-state index contributed by atoms with van der Waals surface area (Å²) in [5.74, 6) is 1.79. The summed E-state index contributed by atoms with van der Waals surface area (Å²) in [4.78, 5) is 14.8. The molecule has 1 aliphatic heterocycles. The van der Waals surface area contributed by atoms with Crippen LogP contribution in [0, 0.1) is 11.8 Å². The van der Waals surface area contributed by atoms with Crippen LogP contribution < -0.4 is 5.32 Å². The Morgan fingerprint density at radius 2 is 2.00 bits per heavy atom. The molecule has 1 saturated heterocycles. The van der Waals surface area contributed by atoms with Crippen LogP contribution in [0.2, 0.25) is 0 Å². The maximum atomic E-state index is 12.7. The second kappa shape index (κ2) is 5.82. The van der Waals surface area contributed by atoms with E-state index in [0.29, 0.717) is 11.8 Å². The van der Waals surface area contributed by atoms with Gasteiger partial charge in [0.15, 0.2) is 0 Å². The normalized spacial score (nSPS) is 39.9. The summed E-state index contributed by atoms with van der Waals surface area (Å²) < 4.78 is 0. The fraction of sp³-hybridized carbons (Fsp3) is 0.938. The van der Waals surface area contributed by atoms with E-state index in [0.717, 1.165) is 25.3 Å². The maximum Gasteiger partial charge on any atom is 0.243 e. The fourth-order valence-electron chi connectivity index (χ4n) is 3.67. The molecular formula is C16H30N2O. The number of rotatable bonds is 4. The van der Waals surface area contributed by atoms with Gasteiger partial charge in [-0.1, -0.05) is 40.0 Å². The molecule has 0 aromatic rings. The van der Waals surface area contributed by atoms with Gasteiger partial charge in [-0.3, -0.25) is 10.1 Å². The molecule has 1 aliphatic carbocycles. The number of nitrogens with zero attached hydrogens (tertiary/aromatic N) is 1. The lowest BCUT2D eigenvalue weighted by molar-refractivity contribution is -0.134. The Kier molecular flexibility index (Phi) is 4.54. The first-order chi connectivity index (χ1) is 9.01. The molecule has 110 valence electrons. The summed E-state index contributed by atoms with van der Waals surface area (Å²) in [6.45, 7) is 9.65. The summed E-state index contributed by atoms with van der Waals surface area (Å²) >= 11 is 0. The number of carbonyl (C=O) groups is 1. The van der Waals surface area contributed by atoms with Crippen molar-refractivity contribution in [1.29, 1.82) is 0 Å². The van der Waals surface area contributed by atoms with Gasteiger partial charge in [-0.25, -0.2) is 0 Å². The number of hydrogen-bond donors (Lipinski definition) is 1. The van der Waals surface area contributed by atoms with Crippen LogP contribution in [-0.4, -0.2) is 29.1 Å². The van der Waals surface area contributed by atoms with E-state index in [1.54, 1.807) is 0 Å². The quantitative estimate of drug-likeness (QED) is 0.848. The molecule has 4 atom stereocenters. The van der Waals surface area contributed by atoms with Crippen molar-refractivity contribution in [2.45, 2.75) is 77.9 Å². The molecule has 0 radical (unpaired) electrons. The average Bonchev–Trinajstić information content (AvgIpc) is 2.66. The molecule has 0 bridgehead atoms. The van der Waals surface area contributed by atoms with Gasteiger partial charge in [0.25, 0.3) is 0 Å². The minimum atomic E-state index is -0.335. The van der Waals surface area contributed by atoms with Crippen LogP contribution in [0.15, 0.2) is 0 Å². The lowest BCUT2D eigenvalue weighted by atomic mass is 9.80. The van der Waals surface area contributed by atoms with Crippen molar-refractivity contribution in [1.82, 2.24) is 10.2 Å². The zero-order valence-corrected chi connectivity index (χ0v) is 13.0. The van der Waals surface area contributed by atoms with Crippen molar-refractivity contribution >= 4 is 5.91 Å². The standard InChI is InChI=1S/C16H30N2O/c1-5-14-17-16(4,6-2)15(19)18(14)11-13-10-8-7-9-12(13)3/h12-14,17H,5-11H2,1-4H3. The van der Waals surface area contributed by atoms with Crippen molar-refractivity contribution in [2.75, 3.05) is 6.54 Å². The van der Waals surface area contributed by atoms with Gasteiger partial charge in [-0.2, -0.15) is 0 Å². The Morgan fingerprint density at radius 3 is 2.58 bits per heavy atom. The van der Waals surface area contributed by atoms with Crippen molar-refractivity contribution in [3.05, 3.63) is 0 Å². The van der Waals surface area contributed by atoms with Gasteiger partial charge in [0.05, 0.1) is 11.7 Å². The van der Waals surface area contributed by atoms with E-state index in [9.17, 15) is 4.79 Å². The highest BCUT2D eigenvalue weighted by Gasteiger charge is 2.46. The zero-order chi connectivity index (χ0) is 14.0. The minimum Gasteiger partial charge on any atom is -0.325 e. The van der Waals surface area contributed by atoms with E-state index >= 15 is 0 Å². The van der Waals surface area contributed by atoms with Crippen molar-refractivity contribution < 1.29 is 4.79 Å². The maximum absolute atomic E-state index is 12.7. The first-order valence-corrected chi connectivity index (χ1v) is 8.10. The zero-order valence-electron chi connectivity index (χ0n) is 13.0. The summed E-state index contributed by atoms with van der Waals surface area (Å²) in [7, 11) is 0. The SMILES string of the molecule is CCC1NC(C)(CC)C(=O)N1CC1CCCCC1C. The van der Waals surface area contributed by atoms with E-state index in [4.69, 9.17) is 0 Å². The largest absolute Gasteiger partial charge is 0.325 e. The average molecular weight is 266 g/mol. The molecular weight excluding hydrogens is 236 g/mol. The number of carbonyl (C=O) groups excluding carboxylic acids is 1. The summed E-state index contributed by atoms with van der Waals surface area (Å²) in [6, 6.07) is 0. The third-order valence-corrected chi connectivity index (χ3v) is 5.41. The molecule has 0 spiro atoms. The molecule has 4 unspecified atom stereocenters. The minimum absolute atomic E-state index is 0.242. The van der Waals surface area contributed by atoms with Crippen LogP contribution in [0.5, 0.6) is 0 Å². The molecule has 2 aliphatic rings. The van der Waals surface area contributed by atoms with Crippen molar-refractivity contribution in [2.24, 2.45) is 11.8 Å². The number of amides is 1. The molecule has 19 heavy (non-hydrogen) atoms. The molecule has 1 saturated carbocycles. The van der Waals surface area contributed by atoms with Crippen molar-refractivity contribution in [3.8, 4) is 0 Å². The summed E-state index contributed by atoms with van der Waals surface area (Å²) in [5, 5.41) is 3.55. The van der Waals surface area contributed by atoms with E-state index in [1.165, 1.54) is 25.7 Å². The van der Waals surface area contributed by atoms with Crippen molar-refractivity contribution in [3.63, 3.8) is 0 Å². The van der Waals surface area contributed by atoms with Gasteiger partial charge in [0, 0.05) is 6.54 Å². The van der Waals surface area contributed by atoms with E-state index in [-0.39, 0.29) is 11.7 Å². The highest BCUT2D eigenvalue weighted by molar-refractivity contribution is 5.88. The molecule has 0 aromatic heterocycles. The summed E-state index contributed by atoms with van der Waals surface area (Å²) in [6.07, 6.45) is 7.46. The molecule has 3 nitrogen and oxygen atoms in total. The molecule has 1 N–H and O–H groups in total. The predicted octanol–water partition coefficient (Wildman–Crippen LogP) is 3.15. The Hall–Kier alpha value is -0.570. The second-order valence-corrected chi connectivity index (χ2v) is 6.73. The Labute approximate surface area is 118 Å². The molecule has 2 fully saturated rings. The van der Waals surface area contributed by atoms with Crippen LogP contribution in [-0.2, 0) is 4.79 Å². The van der Waals surface area contributed by atoms with E-state index in [1.807, 2.05) is 0 Å². The first-order valence-electron chi connectivity index (χ1n) is 8.10. The monoisotopic (exact) mass is 266 g/mol. The Morgan fingerprint density at radius 1 is 1.32 bits per heavy atom. The van der Waals surface area contributed by atoms with E-state index in [2.05, 4.69) is 37.9 Å². The van der Waals surface area contributed by atoms with Crippen LogP contribution in [0.4, 0.5) is 0 Å². The number of nitrogens with one attached hydrogen (secondary N) is 1. The Balaban J connectivity index is 2.07. The molecule has 0 aromatic carbocycles. The molecule has 1 amide bonds. The van der Waals surface area contributed by atoms with Gasteiger partial charge in [-0.05, 0) is 38.0 Å². The highest BCUT2D eigenvalue weighted by Crippen LogP contribution is 2.33. The predicted molar refractivity (Wildman–Crippen MR) is 78.7 cm³/mol. The van der Waals surface area contributed by atoms with Gasteiger partial charge in [0.2, 0.25) is 5.91 Å². The first kappa shape index (κ1) is 14.8. The fourth-order valence-corrected chi connectivity index (χ4v) is 3.67. The smallest absolute Gasteiger partial charge is 0.243 e. The van der Waals surface area contributed by atoms with Gasteiger partial charge >= 0.3 is 0 Å². The molecule has 1 heterocycles. The lowest BCUT2D eigenvalue weighted by Gasteiger charge is -2.34. The van der Waals surface area contributed by atoms with Crippen LogP contribution in [0.3, 0.4) is 0 Å². The van der Waals surface area contributed by atoms with Gasteiger partial charge in [0.1, 0.15) is 0 Å². The molecule has 3 heteroatoms. The topological polar surface area (TPSA) is 32.3 Å². The number of hydrogen-bond acceptors (Lipinski definition) is 2.